The van der Waals surface area contributed by atoms with E-state index in [1.54, 1.807) is 0 Å². The van der Waals surface area contributed by atoms with Crippen molar-refractivity contribution in [3.63, 3.8) is 0 Å². The molecular formula is C23H29N3O2S. The Morgan fingerprint density at radius 3 is 2.59 bits per heavy atom. The van der Waals surface area contributed by atoms with Crippen LogP contribution in [-0.2, 0) is 11.2 Å². The summed E-state index contributed by atoms with van der Waals surface area (Å²) in [5, 5.41) is 3.21. The van der Waals surface area contributed by atoms with Crippen LogP contribution >= 0.6 is 12.2 Å². The number of aromatic nitrogens is 1. The normalized spacial score (nSPS) is 20.4. The quantitative estimate of drug-likeness (QED) is 0.671. The number of carbonyl (C=O) groups excluding carboxylic acids is 1. The van der Waals surface area contributed by atoms with Crippen LogP contribution in [0.5, 0.6) is 0 Å². The second-order valence-corrected chi connectivity index (χ2v) is 9.66. The largest absolute Gasteiger partial charge is 0.444 e. The number of anilines is 1. The van der Waals surface area contributed by atoms with E-state index in [-0.39, 0.29) is 17.6 Å². The van der Waals surface area contributed by atoms with Gasteiger partial charge in [0.25, 0.3) is 0 Å². The zero-order valence-corrected chi connectivity index (χ0v) is 18.1. The predicted octanol–water partition coefficient (Wildman–Crippen LogP) is 5.15. The fourth-order valence-electron chi connectivity index (χ4n) is 4.72. The Morgan fingerprint density at radius 1 is 1.21 bits per heavy atom. The zero-order chi connectivity index (χ0) is 20.6. The van der Waals surface area contributed by atoms with Crippen molar-refractivity contribution in [3.8, 4) is 0 Å². The summed E-state index contributed by atoms with van der Waals surface area (Å²) in [7, 11) is 0. The van der Waals surface area contributed by atoms with Crippen molar-refractivity contribution in [1.82, 2.24) is 10.3 Å². The number of amides is 1. The highest BCUT2D eigenvalue weighted by Crippen LogP contribution is 2.52. The number of hydrogen-bond donors (Lipinski definition) is 2. The van der Waals surface area contributed by atoms with Gasteiger partial charge in [-0.2, -0.15) is 0 Å². The van der Waals surface area contributed by atoms with E-state index in [1.807, 2.05) is 33.0 Å². The van der Waals surface area contributed by atoms with Crippen molar-refractivity contribution in [2.45, 2.75) is 51.7 Å². The van der Waals surface area contributed by atoms with E-state index < -0.39 is 5.60 Å². The molecule has 1 aliphatic carbocycles. The van der Waals surface area contributed by atoms with Crippen molar-refractivity contribution in [2.24, 2.45) is 5.41 Å². The summed E-state index contributed by atoms with van der Waals surface area (Å²) in [5.41, 5.74) is 3.26. The minimum Gasteiger partial charge on any atom is -0.444 e. The lowest BCUT2D eigenvalue weighted by Crippen LogP contribution is -2.47. The molecule has 6 heteroatoms. The molecule has 0 saturated carbocycles. The van der Waals surface area contributed by atoms with Gasteiger partial charge in [0.2, 0.25) is 0 Å². The zero-order valence-electron chi connectivity index (χ0n) is 17.3. The molecule has 2 aliphatic rings. The average molecular weight is 412 g/mol. The van der Waals surface area contributed by atoms with E-state index in [0.29, 0.717) is 0 Å². The van der Waals surface area contributed by atoms with Crippen molar-refractivity contribution in [1.29, 1.82) is 0 Å². The molecule has 2 N–H and O–H groups in total. The van der Waals surface area contributed by atoms with Gasteiger partial charge >= 0.3 is 6.09 Å². The lowest BCUT2D eigenvalue weighted by atomic mass is 9.72. The van der Waals surface area contributed by atoms with Crippen LogP contribution in [0.2, 0.25) is 0 Å². The number of nitrogens with zero attached hydrogens (tertiary/aromatic N) is 1. The molecule has 29 heavy (non-hydrogen) atoms. The number of alkyl carbamates (subject to hydrolysis) is 1. The van der Waals surface area contributed by atoms with E-state index in [4.69, 9.17) is 17.0 Å². The smallest absolute Gasteiger partial charge is 0.408 e. The molecule has 1 aromatic heterocycles. The van der Waals surface area contributed by atoms with Gasteiger partial charge in [-0.1, -0.05) is 36.5 Å². The molecule has 2 aromatic rings. The molecule has 4 rings (SSSR count). The maximum absolute atomic E-state index is 12.6. The summed E-state index contributed by atoms with van der Waals surface area (Å²) in [6.45, 7) is 7.59. The molecule has 1 saturated heterocycles. The van der Waals surface area contributed by atoms with Gasteiger partial charge in [-0.25, -0.2) is 4.79 Å². The van der Waals surface area contributed by atoms with Gasteiger partial charge in [0.05, 0.1) is 11.7 Å². The highest BCUT2D eigenvalue weighted by Gasteiger charge is 2.48. The molecule has 0 radical (unpaired) electrons. The third-order valence-corrected chi connectivity index (χ3v) is 6.33. The molecule has 1 aliphatic heterocycles. The Labute approximate surface area is 177 Å². The second kappa shape index (κ2) is 7.48. The summed E-state index contributed by atoms with van der Waals surface area (Å²) >= 11 is 5.16. The van der Waals surface area contributed by atoms with Crippen molar-refractivity contribution in [2.75, 3.05) is 18.0 Å². The summed E-state index contributed by atoms with van der Waals surface area (Å²) in [6, 6.07) is 12.5. The number of ether oxygens (including phenoxy) is 1. The predicted molar refractivity (Wildman–Crippen MR) is 118 cm³/mol. The molecule has 5 nitrogen and oxygen atoms in total. The van der Waals surface area contributed by atoms with Gasteiger partial charge in [0.15, 0.2) is 0 Å². The number of pyridine rings is 1. The fourth-order valence-corrected chi connectivity index (χ4v) is 4.85. The third-order valence-electron chi connectivity index (χ3n) is 6.07. The van der Waals surface area contributed by atoms with Gasteiger partial charge in [0.1, 0.15) is 10.2 Å². The third kappa shape index (κ3) is 4.17. The molecule has 1 amide bonds. The minimum atomic E-state index is -0.508. The molecule has 1 atom stereocenters. The van der Waals surface area contributed by atoms with Crippen molar-refractivity contribution in [3.05, 3.63) is 58.4 Å². The van der Waals surface area contributed by atoms with Crippen LogP contribution in [0.1, 0.15) is 50.8 Å². The van der Waals surface area contributed by atoms with E-state index >= 15 is 0 Å². The van der Waals surface area contributed by atoms with Crippen LogP contribution in [0.4, 0.5) is 10.5 Å². The number of hydrogen-bond acceptors (Lipinski definition) is 4. The number of benzene rings is 1. The van der Waals surface area contributed by atoms with E-state index in [2.05, 4.69) is 45.5 Å². The van der Waals surface area contributed by atoms with Crippen LogP contribution in [0.25, 0.3) is 0 Å². The van der Waals surface area contributed by atoms with Gasteiger partial charge in [-0.3, -0.25) is 0 Å². The lowest BCUT2D eigenvalue weighted by Gasteiger charge is -2.44. The first kappa shape index (κ1) is 20.0. The summed E-state index contributed by atoms with van der Waals surface area (Å²) in [4.78, 5) is 18.1. The van der Waals surface area contributed by atoms with Crippen LogP contribution < -0.4 is 10.2 Å². The Morgan fingerprint density at radius 2 is 1.93 bits per heavy atom. The van der Waals surface area contributed by atoms with Gasteiger partial charge in [-0.05, 0) is 63.3 Å². The first-order valence-electron chi connectivity index (χ1n) is 10.3. The van der Waals surface area contributed by atoms with Crippen LogP contribution in [-0.4, -0.2) is 29.8 Å². The maximum Gasteiger partial charge on any atom is 0.408 e. The number of aromatic amines is 1. The summed E-state index contributed by atoms with van der Waals surface area (Å²) < 4.78 is 6.32. The average Bonchev–Trinajstić information content (AvgIpc) is 2.95. The standard InChI is InChI=1S/C23H29N3O2S/c1-22(2,3)28-21(27)25-20-18-7-5-4-6-16(18)14-23(20)10-12-26(13-11-23)17-8-9-19(29)24-15-17/h4-9,15,20H,10-14H2,1-3H3,(H,24,29)(H,25,27)/t20-/m1/s1. The Hall–Kier alpha value is -2.34. The topological polar surface area (TPSA) is 57.4 Å². The van der Waals surface area contributed by atoms with Gasteiger partial charge in [-0.15, -0.1) is 0 Å². The molecule has 1 spiro atoms. The summed E-state index contributed by atoms with van der Waals surface area (Å²) in [6.07, 6.45) is 4.67. The van der Waals surface area contributed by atoms with Crippen molar-refractivity contribution < 1.29 is 9.53 Å². The van der Waals surface area contributed by atoms with Gasteiger partial charge in [0, 0.05) is 24.7 Å². The first-order valence-corrected chi connectivity index (χ1v) is 10.7. The van der Waals surface area contributed by atoms with Crippen LogP contribution in [0.15, 0.2) is 42.6 Å². The highest BCUT2D eigenvalue weighted by atomic mass is 32.1. The number of carbonyl (C=O) groups is 1. The Bertz CT molecular complexity index is 935. The molecule has 2 heterocycles. The SMILES string of the molecule is CC(C)(C)OC(=O)N[C@@H]1c2ccccc2CC12CCN(c1ccc(=S)[nH]c1)CC2. The van der Waals surface area contributed by atoms with Crippen LogP contribution in [0, 0.1) is 10.1 Å². The molecule has 0 bridgehead atoms. The molecule has 1 fully saturated rings. The Balaban J connectivity index is 1.54. The van der Waals surface area contributed by atoms with Gasteiger partial charge < -0.3 is 19.9 Å². The lowest BCUT2D eigenvalue weighted by molar-refractivity contribution is 0.0428. The second-order valence-electron chi connectivity index (χ2n) is 9.22. The van der Waals surface area contributed by atoms with E-state index in [9.17, 15) is 4.79 Å². The minimum absolute atomic E-state index is 0.0164. The highest BCUT2D eigenvalue weighted by molar-refractivity contribution is 7.71. The molecule has 1 aromatic carbocycles. The molecule has 154 valence electrons. The Kier molecular flexibility index (Phi) is 5.15. The van der Waals surface area contributed by atoms with E-state index in [1.165, 1.54) is 16.8 Å². The first-order chi connectivity index (χ1) is 13.8. The van der Waals surface area contributed by atoms with E-state index in [0.717, 1.165) is 37.0 Å². The monoisotopic (exact) mass is 411 g/mol. The number of fused-ring (bicyclic) bond motifs is 1. The molecule has 0 unspecified atom stereocenters. The fraction of sp³-hybridized carbons (Fsp3) is 0.478. The number of nitrogens with one attached hydrogen (secondary N) is 2. The summed E-state index contributed by atoms with van der Waals surface area (Å²) in [5.74, 6) is 0. The van der Waals surface area contributed by atoms with Crippen LogP contribution in [0.3, 0.4) is 0 Å². The van der Waals surface area contributed by atoms with Crippen molar-refractivity contribution >= 4 is 24.0 Å². The number of rotatable bonds is 2. The maximum atomic E-state index is 12.6. The number of piperidine rings is 1. The molecular weight excluding hydrogens is 382 g/mol. The number of H-pyrrole nitrogens is 1.